The molecular formula is C14H20BrN5O. The van der Waals surface area contributed by atoms with Gasteiger partial charge in [0.2, 0.25) is 0 Å². The molecule has 3 heterocycles. The second-order valence-electron chi connectivity index (χ2n) is 5.53. The molecule has 0 amide bonds. The van der Waals surface area contributed by atoms with Gasteiger partial charge in [0.15, 0.2) is 0 Å². The Morgan fingerprint density at radius 2 is 2.43 bits per heavy atom. The van der Waals surface area contributed by atoms with E-state index in [-0.39, 0.29) is 6.10 Å². The highest BCUT2D eigenvalue weighted by Crippen LogP contribution is 2.28. The number of halogens is 1. The van der Waals surface area contributed by atoms with Gasteiger partial charge in [-0.25, -0.2) is 4.98 Å². The molecule has 2 aromatic heterocycles. The smallest absolute Gasteiger partial charge is 0.139 e. The Kier molecular flexibility index (Phi) is 4.42. The summed E-state index contributed by atoms with van der Waals surface area (Å²) >= 11 is 3.42. The highest BCUT2D eigenvalue weighted by atomic mass is 79.9. The van der Waals surface area contributed by atoms with E-state index in [4.69, 9.17) is 4.74 Å². The molecule has 0 unspecified atom stereocenters. The van der Waals surface area contributed by atoms with Crippen molar-refractivity contribution in [3.05, 3.63) is 35.1 Å². The zero-order valence-corrected chi connectivity index (χ0v) is 13.8. The lowest BCUT2D eigenvalue weighted by atomic mass is 10.1. The number of aromatic nitrogens is 4. The van der Waals surface area contributed by atoms with Crippen molar-refractivity contribution in [3.8, 4) is 0 Å². The molecule has 0 aliphatic carbocycles. The molecule has 6 nitrogen and oxygen atoms in total. The van der Waals surface area contributed by atoms with Crippen LogP contribution in [0.4, 0.5) is 0 Å². The van der Waals surface area contributed by atoms with Gasteiger partial charge in [-0.05, 0) is 29.3 Å². The monoisotopic (exact) mass is 353 g/mol. The molecule has 3 rings (SSSR count). The number of aryl methyl sites for hydroxylation is 1. The van der Waals surface area contributed by atoms with Crippen LogP contribution in [0.5, 0.6) is 0 Å². The van der Waals surface area contributed by atoms with Gasteiger partial charge >= 0.3 is 0 Å². The first kappa shape index (κ1) is 14.7. The first-order chi connectivity index (χ1) is 10.1. The lowest BCUT2D eigenvalue weighted by Crippen LogP contribution is -2.41. The fourth-order valence-electron chi connectivity index (χ4n) is 2.80. The minimum Gasteiger partial charge on any atom is -0.369 e. The van der Waals surface area contributed by atoms with Crippen LogP contribution in [-0.2, 0) is 18.3 Å². The van der Waals surface area contributed by atoms with E-state index in [0.717, 1.165) is 29.9 Å². The van der Waals surface area contributed by atoms with E-state index < -0.39 is 0 Å². The largest absolute Gasteiger partial charge is 0.369 e. The highest BCUT2D eigenvalue weighted by molar-refractivity contribution is 9.10. The number of nitrogens with one attached hydrogen (secondary N) is 1. The maximum Gasteiger partial charge on any atom is 0.139 e. The zero-order valence-electron chi connectivity index (χ0n) is 12.2. The van der Waals surface area contributed by atoms with Crippen LogP contribution in [0.2, 0.25) is 0 Å². The van der Waals surface area contributed by atoms with Crippen LogP contribution in [-0.4, -0.2) is 38.0 Å². The van der Waals surface area contributed by atoms with Crippen LogP contribution in [0, 0.1) is 0 Å². The molecule has 114 valence electrons. The van der Waals surface area contributed by atoms with Gasteiger partial charge < -0.3 is 14.6 Å². The Morgan fingerprint density at radius 3 is 3.10 bits per heavy atom. The van der Waals surface area contributed by atoms with Gasteiger partial charge in [-0.15, -0.1) is 0 Å². The molecule has 1 aliphatic heterocycles. The molecule has 1 aliphatic rings. The molecule has 1 N–H and O–H groups in total. The summed E-state index contributed by atoms with van der Waals surface area (Å²) in [5.74, 6) is 0.985. The topological polar surface area (TPSA) is 56.9 Å². The van der Waals surface area contributed by atoms with E-state index in [1.807, 2.05) is 41.1 Å². The zero-order chi connectivity index (χ0) is 14.8. The summed E-state index contributed by atoms with van der Waals surface area (Å²) in [5.41, 5.74) is 0. The molecule has 21 heavy (non-hydrogen) atoms. The van der Waals surface area contributed by atoms with E-state index >= 15 is 0 Å². The minimum atomic E-state index is 0.0248. The van der Waals surface area contributed by atoms with Gasteiger partial charge in [-0.2, -0.15) is 5.10 Å². The number of nitrogens with zero attached hydrogens (tertiary/aromatic N) is 4. The molecule has 0 aromatic carbocycles. The predicted octanol–water partition coefficient (Wildman–Crippen LogP) is 1.89. The fraction of sp³-hybridized carbons (Fsp3) is 0.571. The summed E-state index contributed by atoms with van der Waals surface area (Å²) in [6.07, 6.45) is 8.60. The lowest BCUT2D eigenvalue weighted by Gasteiger charge is -2.23. The van der Waals surface area contributed by atoms with Crippen molar-refractivity contribution in [2.24, 2.45) is 7.05 Å². The second-order valence-corrected chi connectivity index (χ2v) is 6.45. The predicted molar refractivity (Wildman–Crippen MR) is 82.8 cm³/mol. The molecule has 7 heteroatoms. The van der Waals surface area contributed by atoms with E-state index in [1.165, 1.54) is 0 Å². The molecule has 2 aromatic rings. The highest BCUT2D eigenvalue weighted by Gasteiger charge is 2.33. The Morgan fingerprint density at radius 1 is 1.57 bits per heavy atom. The van der Waals surface area contributed by atoms with Crippen molar-refractivity contribution in [1.82, 2.24) is 24.6 Å². The van der Waals surface area contributed by atoms with Gasteiger partial charge in [-0.1, -0.05) is 0 Å². The fourth-order valence-corrected chi connectivity index (χ4v) is 3.13. The van der Waals surface area contributed by atoms with Crippen molar-refractivity contribution < 1.29 is 4.74 Å². The first-order valence-corrected chi connectivity index (χ1v) is 7.95. The lowest BCUT2D eigenvalue weighted by molar-refractivity contribution is 0.0870. The average Bonchev–Trinajstić information content (AvgIpc) is 3.12. The first-order valence-electron chi connectivity index (χ1n) is 7.16. The third-order valence-corrected chi connectivity index (χ3v) is 4.18. The van der Waals surface area contributed by atoms with E-state index in [1.54, 1.807) is 0 Å². The Bertz CT molecular complexity index is 596. The standard InChI is InChI=1S/C14H20BrN5O/c1-10(8-20-9-11(15)7-17-20)18-12-3-6-21-13(12)14-16-4-5-19(14)2/h4-5,7,9-10,12-13,18H,3,6,8H2,1-2H3/t10-,12-,13-/m0/s1. The number of rotatable bonds is 5. The average molecular weight is 354 g/mol. The number of ether oxygens (including phenoxy) is 1. The normalized spacial score (nSPS) is 23.6. The van der Waals surface area contributed by atoms with Crippen LogP contribution < -0.4 is 5.32 Å². The van der Waals surface area contributed by atoms with E-state index in [2.05, 4.69) is 38.3 Å². The molecule has 0 bridgehead atoms. The third kappa shape index (κ3) is 3.36. The second kappa shape index (κ2) is 6.29. The summed E-state index contributed by atoms with van der Waals surface area (Å²) in [6.45, 7) is 3.77. The number of imidazole rings is 1. The minimum absolute atomic E-state index is 0.0248. The summed E-state index contributed by atoms with van der Waals surface area (Å²) in [6, 6.07) is 0.603. The van der Waals surface area contributed by atoms with Crippen molar-refractivity contribution in [1.29, 1.82) is 0 Å². The maximum absolute atomic E-state index is 5.87. The van der Waals surface area contributed by atoms with Gasteiger partial charge in [0.25, 0.3) is 0 Å². The van der Waals surface area contributed by atoms with Gasteiger partial charge in [0.1, 0.15) is 11.9 Å². The summed E-state index contributed by atoms with van der Waals surface area (Å²) in [7, 11) is 2.01. The maximum atomic E-state index is 5.87. The van der Waals surface area contributed by atoms with Crippen molar-refractivity contribution >= 4 is 15.9 Å². The summed E-state index contributed by atoms with van der Waals surface area (Å²) in [5, 5.41) is 7.94. The summed E-state index contributed by atoms with van der Waals surface area (Å²) in [4.78, 5) is 4.42. The van der Waals surface area contributed by atoms with Crippen LogP contribution in [0.3, 0.4) is 0 Å². The van der Waals surface area contributed by atoms with Crippen LogP contribution in [0.25, 0.3) is 0 Å². The summed E-state index contributed by atoms with van der Waals surface area (Å²) < 4.78 is 10.8. The molecule has 1 saturated heterocycles. The Balaban J connectivity index is 1.62. The van der Waals surface area contributed by atoms with Crippen molar-refractivity contribution in [3.63, 3.8) is 0 Å². The van der Waals surface area contributed by atoms with Crippen LogP contribution in [0.1, 0.15) is 25.3 Å². The van der Waals surface area contributed by atoms with E-state index in [0.29, 0.717) is 12.1 Å². The van der Waals surface area contributed by atoms with Gasteiger partial charge in [0.05, 0.1) is 17.2 Å². The molecule has 0 spiro atoms. The van der Waals surface area contributed by atoms with E-state index in [9.17, 15) is 0 Å². The third-order valence-electron chi connectivity index (χ3n) is 3.77. The Labute approximate surface area is 132 Å². The molecule has 1 fully saturated rings. The van der Waals surface area contributed by atoms with Crippen LogP contribution >= 0.6 is 15.9 Å². The van der Waals surface area contributed by atoms with Crippen molar-refractivity contribution in [2.45, 2.75) is 38.1 Å². The number of hydrogen-bond acceptors (Lipinski definition) is 4. The molecule has 0 radical (unpaired) electrons. The van der Waals surface area contributed by atoms with Crippen molar-refractivity contribution in [2.75, 3.05) is 6.61 Å². The van der Waals surface area contributed by atoms with Crippen LogP contribution in [0.15, 0.2) is 29.3 Å². The molecule has 0 saturated carbocycles. The van der Waals surface area contributed by atoms with Gasteiger partial charge in [0, 0.05) is 44.3 Å². The Hall–Kier alpha value is -1.18. The SMILES string of the molecule is C[C@@H](Cn1cc(Br)cn1)N[C@H]1CCO[C@@H]1c1nccn1C. The molecular weight excluding hydrogens is 334 g/mol. The number of hydrogen-bond donors (Lipinski definition) is 1. The molecule has 3 atom stereocenters. The van der Waals surface area contributed by atoms with Gasteiger partial charge in [-0.3, -0.25) is 4.68 Å². The quantitative estimate of drug-likeness (QED) is 0.891.